The molecule has 1 aromatic heterocycles. The fourth-order valence-electron chi connectivity index (χ4n) is 2.37. The van der Waals surface area contributed by atoms with Gasteiger partial charge in [0.05, 0.1) is 10.4 Å². The lowest BCUT2D eigenvalue weighted by atomic mass is 10.2. The molecule has 3 rings (SSSR count). The zero-order chi connectivity index (χ0) is 13.4. The molecule has 1 N–H and O–H groups in total. The zero-order valence-electron chi connectivity index (χ0n) is 11.1. The highest BCUT2D eigenvalue weighted by molar-refractivity contribution is 5.91. The van der Waals surface area contributed by atoms with Gasteiger partial charge in [-0.15, -0.1) is 12.4 Å². The van der Waals surface area contributed by atoms with Gasteiger partial charge in [-0.3, -0.25) is 15.2 Å². The number of non-ortho nitro benzene ring substituents is 1. The van der Waals surface area contributed by atoms with E-state index in [1.165, 1.54) is 12.1 Å². The van der Waals surface area contributed by atoms with E-state index in [1.807, 2.05) is 0 Å². The third-order valence-electron chi connectivity index (χ3n) is 3.54. The summed E-state index contributed by atoms with van der Waals surface area (Å²) in [5.41, 5.74) is 0.796. The molecule has 1 aliphatic heterocycles. The van der Waals surface area contributed by atoms with Crippen LogP contribution in [0.15, 0.2) is 18.2 Å². The van der Waals surface area contributed by atoms with E-state index < -0.39 is 4.92 Å². The molecular formula is C12H16ClN5O2. The SMILES string of the molecule is CN1CCN(c2n[nH]c3cc([N+](=O)[O-])ccc23)CC1.Cl. The minimum absolute atomic E-state index is 0. The molecule has 0 aliphatic carbocycles. The van der Waals surface area contributed by atoms with Gasteiger partial charge in [0.1, 0.15) is 0 Å². The van der Waals surface area contributed by atoms with E-state index >= 15 is 0 Å². The van der Waals surface area contributed by atoms with Crippen molar-refractivity contribution in [2.75, 3.05) is 38.1 Å². The number of nitrogens with zero attached hydrogens (tertiary/aromatic N) is 4. The first-order valence-electron chi connectivity index (χ1n) is 6.21. The summed E-state index contributed by atoms with van der Waals surface area (Å²) in [5.74, 6) is 0.887. The molecule has 0 bridgehead atoms. The average molecular weight is 298 g/mol. The van der Waals surface area contributed by atoms with Crippen LogP contribution in [-0.2, 0) is 0 Å². The van der Waals surface area contributed by atoms with E-state index in [-0.39, 0.29) is 18.1 Å². The normalized spacial score (nSPS) is 16.1. The molecule has 20 heavy (non-hydrogen) atoms. The maximum Gasteiger partial charge on any atom is 0.271 e. The molecule has 108 valence electrons. The van der Waals surface area contributed by atoms with Crippen molar-refractivity contribution in [3.8, 4) is 0 Å². The van der Waals surface area contributed by atoms with Gasteiger partial charge in [0.25, 0.3) is 5.69 Å². The second-order valence-corrected chi connectivity index (χ2v) is 4.82. The summed E-state index contributed by atoms with van der Waals surface area (Å²) < 4.78 is 0. The summed E-state index contributed by atoms with van der Waals surface area (Å²) in [6.45, 7) is 3.85. The fraction of sp³-hybridized carbons (Fsp3) is 0.417. The number of hydrogen-bond donors (Lipinski definition) is 1. The van der Waals surface area contributed by atoms with Gasteiger partial charge in [-0.1, -0.05) is 0 Å². The number of hydrogen-bond acceptors (Lipinski definition) is 5. The quantitative estimate of drug-likeness (QED) is 0.673. The topological polar surface area (TPSA) is 78.3 Å². The average Bonchev–Trinajstić information content (AvgIpc) is 2.82. The lowest BCUT2D eigenvalue weighted by molar-refractivity contribution is -0.384. The van der Waals surface area contributed by atoms with E-state index in [0.717, 1.165) is 37.4 Å². The molecular weight excluding hydrogens is 282 g/mol. The van der Waals surface area contributed by atoms with Crippen LogP contribution in [-0.4, -0.2) is 53.2 Å². The van der Waals surface area contributed by atoms with Gasteiger partial charge in [0.15, 0.2) is 5.82 Å². The number of fused-ring (bicyclic) bond motifs is 1. The van der Waals surface area contributed by atoms with Crippen LogP contribution in [0.25, 0.3) is 10.9 Å². The van der Waals surface area contributed by atoms with Crippen LogP contribution in [0.2, 0.25) is 0 Å². The van der Waals surface area contributed by atoms with Crippen LogP contribution in [0.1, 0.15) is 0 Å². The van der Waals surface area contributed by atoms with Crippen LogP contribution in [0.4, 0.5) is 11.5 Å². The molecule has 0 atom stereocenters. The molecule has 7 nitrogen and oxygen atoms in total. The number of nitrogens with one attached hydrogen (secondary N) is 1. The van der Waals surface area contributed by atoms with Crippen molar-refractivity contribution in [1.29, 1.82) is 0 Å². The van der Waals surface area contributed by atoms with Crippen molar-refractivity contribution in [1.82, 2.24) is 15.1 Å². The standard InChI is InChI=1S/C12H15N5O2.ClH/c1-15-4-6-16(7-5-15)12-10-3-2-9(17(18)19)8-11(10)13-14-12;/h2-3,8H,4-7H2,1H3,(H,13,14);1H. The Morgan fingerprint density at radius 3 is 2.65 bits per heavy atom. The van der Waals surface area contributed by atoms with E-state index in [9.17, 15) is 10.1 Å². The lowest BCUT2D eigenvalue weighted by Gasteiger charge is -2.32. The molecule has 1 aromatic carbocycles. The first-order valence-corrected chi connectivity index (χ1v) is 6.21. The molecule has 2 heterocycles. The summed E-state index contributed by atoms with van der Waals surface area (Å²) in [7, 11) is 2.10. The maximum absolute atomic E-state index is 10.7. The summed E-state index contributed by atoms with van der Waals surface area (Å²) in [6, 6.07) is 4.82. The molecule has 2 aromatic rings. The highest BCUT2D eigenvalue weighted by Crippen LogP contribution is 2.27. The summed E-state index contributed by atoms with van der Waals surface area (Å²) in [5, 5.41) is 18.9. The second kappa shape index (κ2) is 5.64. The number of rotatable bonds is 2. The van der Waals surface area contributed by atoms with Crippen molar-refractivity contribution < 1.29 is 4.92 Å². The number of H-pyrrole nitrogens is 1. The number of aromatic amines is 1. The number of nitro benzene ring substituents is 1. The predicted octanol–water partition coefficient (Wildman–Crippen LogP) is 1.64. The lowest BCUT2D eigenvalue weighted by Crippen LogP contribution is -2.44. The van der Waals surface area contributed by atoms with E-state index in [0.29, 0.717) is 5.52 Å². The van der Waals surface area contributed by atoms with Gasteiger partial charge in [-0.2, -0.15) is 5.10 Å². The van der Waals surface area contributed by atoms with Gasteiger partial charge in [-0.05, 0) is 13.1 Å². The van der Waals surface area contributed by atoms with Gasteiger partial charge in [0, 0.05) is 43.7 Å². The number of anilines is 1. The number of piperazine rings is 1. The monoisotopic (exact) mass is 297 g/mol. The Hall–Kier alpha value is -1.86. The number of aromatic nitrogens is 2. The van der Waals surface area contributed by atoms with Crippen LogP contribution in [0.3, 0.4) is 0 Å². The summed E-state index contributed by atoms with van der Waals surface area (Å²) in [6.07, 6.45) is 0. The number of halogens is 1. The Morgan fingerprint density at radius 2 is 2.00 bits per heavy atom. The Bertz CT molecular complexity index is 621. The minimum Gasteiger partial charge on any atom is -0.352 e. The van der Waals surface area contributed by atoms with Gasteiger partial charge < -0.3 is 9.80 Å². The molecule has 0 spiro atoms. The molecule has 1 saturated heterocycles. The molecule has 1 fully saturated rings. The highest BCUT2D eigenvalue weighted by atomic mass is 35.5. The Labute approximate surface area is 122 Å². The summed E-state index contributed by atoms with van der Waals surface area (Å²) >= 11 is 0. The van der Waals surface area contributed by atoms with E-state index in [2.05, 4.69) is 27.0 Å². The van der Waals surface area contributed by atoms with Crippen molar-refractivity contribution >= 4 is 34.8 Å². The largest absolute Gasteiger partial charge is 0.352 e. The number of likely N-dealkylation sites (N-methyl/N-ethyl adjacent to an activating group) is 1. The van der Waals surface area contributed by atoms with E-state index in [4.69, 9.17) is 0 Å². The molecule has 0 amide bonds. The van der Waals surface area contributed by atoms with Crippen molar-refractivity contribution in [3.63, 3.8) is 0 Å². The number of nitro groups is 1. The van der Waals surface area contributed by atoms with Gasteiger partial charge in [-0.25, -0.2) is 0 Å². The van der Waals surface area contributed by atoms with Gasteiger partial charge >= 0.3 is 0 Å². The van der Waals surface area contributed by atoms with Crippen LogP contribution in [0, 0.1) is 10.1 Å². The molecule has 0 unspecified atom stereocenters. The molecule has 8 heteroatoms. The highest BCUT2D eigenvalue weighted by Gasteiger charge is 2.19. The van der Waals surface area contributed by atoms with Crippen molar-refractivity contribution in [3.05, 3.63) is 28.3 Å². The van der Waals surface area contributed by atoms with Crippen LogP contribution in [0.5, 0.6) is 0 Å². The van der Waals surface area contributed by atoms with Crippen molar-refractivity contribution in [2.24, 2.45) is 0 Å². The molecule has 0 radical (unpaired) electrons. The molecule has 1 aliphatic rings. The van der Waals surface area contributed by atoms with Crippen molar-refractivity contribution in [2.45, 2.75) is 0 Å². The third-order valence-corrected chi connectivity index (χ3v) is 3.54. The van der Waals surface area contributed by atoms with Crippen LogP contribution < -0.4 is 4.90 Å². The first kappa shape index (κ1) is 14.5. The zero-order valence-corrected chi connectivity index (χ0v) is 11.9. The first-order chi connectivity index (χ1) is 9.15. The van der Waals surface area contributed by atoms with Crippen LogP contribution >= 0.6 is 12.4 Å². The second-order valence-electron chi connectivity index (χ2n) is 4.82. The predicted molar refractivity (Wildman–Crippen MR) is 79.7 cm³/mol. The fourth-order valence-corrected chi connectivity index (χ4v) is 2.37. The molecule has 0 saturated carbocycles. The third kappa shape index (κ3) is 2.54. The maximum atomic E-state index is 10.7. The smallest absolute Gasteiger partial charge is 0.271 e. The Morgan fingerprint density at radius 1 is 1.30 bits per heavy atom. The minimum atomic E-state index is -0.393. The number of benzene rings is 1. The van der Waals surface area contributed by atoms with Gasteiger partial charge in [0.2, 0.25) is 0 Å². The summed E-state index contributed by atoms with van der Waals surface area (Å²) in [4.78, 5) is 14.8. The Balaban J connectivity index is 0.00000147. The Kier molecular flexibility index (Phi) is 4.10. The van der Waals surface area contributed by atoms with E-state index in [1.54, 1.807) is 6.07 Å².